The summed E-state index contributed by atoms with van der Waals surface area (Å²) in [7, 11) is -2.87. The number of nitrogens with one attached hydrogen (secondary N) is 1. The molecule has 20 heavy (non-hydrogen) atoms. The molecule has 7 heteroatoms. The molecule has 0 radical (unpaired) electrons. The van der Waals surface area contributed by atoms with Crippen LogP contribution in [-0.2, 0) is 22.7 Å². The van der Waals surface area contributed by atoms with E-state index in [1.165, 1.54) is 16.9 Å². The number of hydrogen-bond donors (Lipinski definition) is 1. The van der Waals surface area contributed by atoms with E-state index in [1.807, 2.05) is 0 Å². The van der Waals surface area contributed by atoms with E-state index in [1.54, 1.807) is 17.7 Å². The summed E-state index contributed by atoms with van der Waals surface area (Å²) >= 11 is 1.75. The first-order valence-electron chi connectivity index (χ1n) is 6.84. The van der Waals surface area contributed by atoms with Gasteiger partial charge in [-0.2, -0.15) is 0 Å². The molecule has 106 valence electrons. The van der Waals surface area contributed by atoms with Gasteiger partial charge in [-0.25, -0.2) is 18.4 Å². The molecular formula is C13H15N3O2S2. The van der Waals surface area contributed by atoms with Gasteiger partial charge in [0.25, 0.3) is 0 Å². The number of sulfone groups is 1. The molecule has 2 aliphatic rings. The minimum Gasteiger partial charge on any atom is -0.366 e. The molecule has 0 aromatic carbocycles. The topological polar surface area (TPSA) is 72.0 Å². The average molecular weight is 309 g/mol. The third kappa shape index (κ3) is 2.00. The van der Waals surface area contributed by atoms with Gasteiger partial charge >= 0.3 is 0 Å². The summed E-state index contributed by atoms with van der Waals surface area (Å²) in [6.07, 6.45) is 5.65. The van der Waals surface area contributed by atoms with Crippen molar-refractivity contribution < 1.29 is 8.42 Å². The molecule has 1 atom stereocenters. The lowest BCUT2D eigenvalue weighted by Gasteiger charge is -2.12. The Morgan fingerprint density at radius 1 is 1.30 bits per heavy atom. The molecule has 0 amide bonds. The van der Waals surface area contributed by atoms with Crippen LogP contribution < -0.4 is 5.32 Å². The van der Waals surface area contributed by atoms with E-state index in [0.717, 1.165) is 28.9 Å². The van der Waals surface area contributed by atoms with E-state index >= 15 is 0 Å². The second kappa shape index (κ2) is 4.39. The van der Waals surface area contributed by atoms with Gasteiger partial charge in [0.2, 0.25) is 0 Å². The minimum absolute atomic E-state index is 0.0185. The first kappa shape index (κ1) is 12.5. The maximum absolute atomic E-state index is 11.6. The standard InChI is InChI=1S/C13H15N3O2S2/c17-20(18)5-4-8(6-20)16-12-11-9-2-1-3-10(9)19-13(11)15-7-14-12/h7-8H,1-6H2,(H,14,15,16). The van der Waals surface area contributed by atoms with Crippen LogP contribution in [-0.4, -0.2) is 35.9 Å². The molecule has 2 aromatic rings. The summed E-state index contributed by atoms with van der Waals surface area (Å²) in [4.78, 5) is 11.2. The monoisotopic (exact) mass is 309 g/mol. The Bertz CT molecular complexity index is 782. The van der Waals surface area contributed by atoms with Crippen molar-refractivity contribution in [2.24, 2.45) is 0 Å². The fourth-order valence-corrected chi connectivity index (χ4v) is 6.04. The van der Waals surface area contributed by atoms with Gasteiger partial charge in [0.05, 0.1) is 16.9 Å². The number of fused-ring (bicyclic) bond motifs is 3. The number of rotatable bonds is 2. The molecule has 5 nitrogen and oxygen atoms in total. The van der Waals surface area contributed by atoms with E-state index in [-0.39, 0.29) is 17.5 Å². The van der Waals surface area contributed by atoms with Crippen LogP contribution in [0.1, 0.15) is 23.3 Å². The van der Waals surface area contributed by atoms with Gasteiger partial charge in [-0.15, -0.1) is 11.3 Å². The molecule has 1 unspecified atom stereocenters. The zero-order valence-electron chi connectivity index (χ0n) is 10.9. The predicted octanol–water partition coefficient (Wildman–Crippen LogP) is 1.78. The molecular weight excluding hydrogens is 294 g/mol. The number of aryl methyl sites for hydroxylation is 2. The minimum atomic E-state index is -2.87. The quantitative estimate of drug-likeness (QED) is 0.915. The largest absolute Gasteiger partial charge is 0.366 e. The second-order valence-corrected chi connectivity index (χ2v) is 8.82. The molecule has 1 aliphatic heterocycles. The summed E-state index contributed by atoms with van der Waals surface area (Å²) in [6, 6.07) is -0.0185. The van der Waals surface area contributed by atoms with Crippen LogP contribution in [0.5, 0.6) is 0 Å². The predicted molar refractivity (Wildman–Crippen MR) is 80.1 cm³/mol. The number of anilines is 1. The first-order valence-corrected chi connectivity index (χ1v) is 9.48. The van der Waals surface area contributed by atoms with Crippen molar-refractivity contribution in [2.45, 2.75) is 31.7 Å². The van der Waals surface area contributed by atoms with Crippen molar-refractivity contribution in [1.29, 1.82) is 0 Å². The zero-order chi connectivity index (χ0) is 13.7. The lowest BCUT2D eigenvalue weighted by atomic mass is 10.1. The van der Waals surface area contributed by atoms with Gasteiger partial charge in [0.15, 0.2) is 9.84 Å². The van der Waals surface area contributed by atoms with Crippen molar-refractivity contribution in [3.8, 4) is 0 Å². The number of hydrogen-bond acceptors (Lipinski definition) is 6. The zero-order valence-corrected chi connectivity index (χ0v) is 12.6. The molecule has 3 heterocycles. The highest BCUT2D eigenvalue weighted by Gasteiger charge is 2.29. The SMILES string of the molecule is O=S1(=O)CCC(Nc2ncnc3sc4c(c23)CCC4)C1. The van der Waals surface area contributed by atoms with E-state index in [4.69, 9.17) is 0 Å². The Labute approximate surface area is 121 Å². The van der Waals surface area contributed by atoms with E-state index in [2.05, 4.69) is 15.3 Å². The summed E-state index contributed by atoms with van der Waals surface area (Å²) in [6.45, 7) is 0. The van der Waals surface area contributed by atoms with Crippen molar-refractivity contribution in [3.63, 3.8) is 0 Å². The van der Waals surface area contributed by atoms with Crippen molar-refractivity contribution in [3.05, 3.63) is 16.8 Å². The highest BCUT2D eigenvalue weighted by atomic mass is 32.2. The third-order valence-electron chi connectivity index (χ3n) is 4.07. The van der Waals surface area contributed by atoms with Gasteiger partial charge in [-0.05, 0) is 31.2 Å². The molecule has 1 N–H and O–H groups in total. The Morgan fingerprint density at radius 2 is 2.20 bits per heavy atom. The van der Waals surface area contributed by atoms with E-state index in [0.29, 0.717) is 6.42 Å². The van der Waals surface area contributed by atoms with Crippen LogP contribution in [0.15, 0.2) is 6.33 Å². The van der Waals surface area contributed by atoms with Crippen LogP contribution in [0.3, 0.4) is 0 Å². The lowest BCUT2D eigenvalue weighted by molar-refractivity contribution is 0.602. The molecule has 1 saturated heterocycles. The van der Waals surface area contributed by atoms with Gasteiger partial charge in [0.1, 0.15) is 17.0 Å². The molecule has 1 aliphatic carbocycles. The number of aromatic nitrogens is 2. The smallest absolute Gasteiger partial charge is 0.152 e. The van der Waals surface area contributed by atoms with Crippen LogP contribution in [0.4, 0.5) is 5.82 Å². The highest BCUT2D eigenvalue weighted by molar-refractivity contribution is 7.91. The first-order chi connectivity index (χ1) is 9.62. The molecule has 0 spiro atoms. The van der Waals surface area contributed by atoms with Crippen molar-refractivity contribution in [2.75, 3.05) is 16.8 Å². The summed E-state index contributed by atoms with van der Waals surface area (Å²) in [5.74, 6) is 1.31. The van der Waals surface area contributed by atoms with Crippen molar-refractivity contribution >= 4 is 37.2 Å². The van der Waals surface area contributed by atoms with Crippen LogP contribution in [0.25, 0.3) is 10.2 Å². The van der Waals surface area contributed by atoms with Gasteiger partial charge in [-0.1, -0.05) is 0 Å². The van der Waals surface area contributed by atoms with Gasteiger partial charge in [-0.3, -0.25) is 0 Å². The molecule has 4 rings (SSSR count). The fourth-order valence-electron chi connectivity index (χ4n) is 3.14. The average Bonchev–Trinajstić information content (AvgIpc) is 3.03. The Balaban J connectivity index is 1.73. The Morgan fingerprint density at radius 3 is 3.00 bits per heavy atom. The molecule has 0 saturated carbocycles. The van der Waals surface area contributed by atoms with Gasteiger partial charge < -0.3 is 5.32 Å². The Kier molecular flexibility index (Phi) is 2.75. The summed E-state index contributed by atoms with van der Waals surface area (Å²) < 4.78 is 23.1. The highest BCUT2D eigenvalue weighted by Crippen LogP contribution is 2.39. The summed E-state index contributed by atoms with van der Waals surface area (Å²) in [5, 5.41) is 4.45. The molecule has 2 aromatic heterocycles. The second-order valence-electron chi connectivity index (χ2n) is 5.50. The third-order valence-corrected chi connectivity index (χ3v) is 7.04. The maximum Gasteiger partial charge on any atom is 0.152 e. The van der Waals surface area contributed by atoms with E-state index in [9.17, 15) is 8.42 Å². The number of thiophene rings is 1. The Hall–Kier alpha value is -1.21. The number of nitrogens with zero attached hydrogens (tertiary/aromatic N) is 2. The van der Waals surface area contributed by atoms with Crippen LogP contribution in [0.2, 0.25) is 0 Å². The van der Waals surface area contributed by atoms with Crippen LogP contribution >= 0.6 is 11.3 Å². The molecule has 0 bridgehead atoms. The van der Waals surface area contributed by atoms with Crippen molar-refractivity contribution in [1.82, 2.24) is 9.97 Å². The lowest BCUT2D eigenvalue weighted by Crippen LogP contribution is -2.21. The normalized spacial score (nSPS) is 24.1. The fraction of sp³-hybridized carbons (Fsp3) is 0.538. The summed E-state index contributed by atoms with van der Waals surface area (Å²) in [5.41, 5.74) is 1.37. The van der Waals surface area contributed by atoms with E-state index < -0.39 is 9.84 Å². The molecule has 1 fully saturated rings. The van der Waals surface area contributed by atoms with Gasteiger partial charge in [0, 0.05) is 10.9 Å². The van der Waals surface area contributed by atoms with Crippen LogP contribution in [0, 0.1) is 0 Å². The maximum atomic E-state index is 11.6.